The maximum absolute atomic E-state index is 11.7. The van der Waals surface area contributed by atoms with Crippen LogP contribution in [0.15, 0.2) is 0 Å². The summed E-state index contributed by atoms with van der Waals surface area (Å²) in [5.74, 6) is -0.428. The number of aliphatic hydroxyl groups is 3. The number of phosphoric acid groups is 1. The zero-order valence-corrected chi connectivity index (χ0v) is 22.0. The van der Waals surface area contributed by atoms with Crippen LogP contribution in [0.1, 0.15) is 110 Å². The molecule has 204 valence electrons. The first-order valence-corrected chi connectivity index (χ1v) is 14.5. The van der Waals surface area contributed by atoms with Gasteiger partial charge >= 0.3 is 13.8 Å². The molecular formula is C24H49O9P. The summed E-state index contributed by atoms with van der Waals surface area (Å²) in [7, 11) is -4.48. The highest BCUT2D eigenvalue weighted by molar-refractivity contribution is 7.47. The Balaban J connectivity index is 3.50. The maximum atomic E-state index is 11.7. The number of rotatable bonds is 25. The molecule has 0 spiro atoms. The van der Waals surface area contributed by atoms with Crippen molar-refractivity contribution in [3.63, 3.8) is 0 Å². The monoisotopic (exact) mass is 512 g/mol. The van der Waals surface area contributed by atoms with E-state index in [2.05, 4.69) is 16.0 Å². The second-order valence-corrected chi connectivity index (χ2v) is 10.4. The van der Waals surface area contributed by atoms with Gasteiger partial charge in [0.1, 0.15) is 18.8 Å². The molecule has 4 N–H and O–H groups in total. The molecule has 0 heterocycles. The summed E-state index contributed by atoms with van der Waals surface area (Å²) in [6, 6.07) is 0. The van der Waals surface area contributed by atoms with E-state index >= 15 is 0 Å². The summed E-state index contributed by atoms with van der Waals surface area (Å²) in [6.07, 6.45) is 16.4. The van der Waals surface area contributed by atoms with E-state index in [0.29, 0.717) is 0 Å². The first-order chi connectivity index (χ1) is 16.3. The first kappa shape index (κ1) is 33.5. The standard InChI is InChI=1S/C24H49O9P/c1-2-3-4-5-6-7-8-9-10-11-12-13-14-15-16-17-24(28)31-19-23(27)21-33-34(29,30)32-20-22(26)18-25/h22-23,25-27H,2-21H2,1H3,(H,29,30)/t22?,23-/m1/s1. The Morgan fingerprint density at radius 3 is 1.56 bits per heavy atom. The summed E-state index contributed by atoms with van der Waals surface area (Å²) in [5, 5.41) is 27.4. The number of hydrogen-bond donors (Lipinski definition) is 4. The first-order valence-electron chi connectivity index (χ1n) is 13.0. The zero-order chi connectivity index (χ0) is 25.5. The van der Waals surface area contributed by atoms with E-state index < -0.39 is 45.8 Å². The molecule has 0 radical (unpaired) electrons. The Bertz CT molecular complexity index is 519. The quantitative estimate of drug-likeness (QED) is 0.0781. The van der Waals surface area contributed by atoms with Crippen LogP contribution in [0, 0.1) is 0 Å². The molecule has 0 rings (SSSR count). The van der Waals surface area contributed by atoms with Gasteiger partial charge in [-0.15, -0.1) is 0 Å². The third-order valence-electron chi connectivity index (χ3n) is 5.49. The summed E-state index contributed by atoms with van der Waals surface area (Å²) in [6.45, 7) is 0.107. The van der Waals surface area contributed by atoms with Crippen molar-refractivity contribution in [2.24, 2.45) is 0 Å². The van der Waals surface area contributed by atoms with Crippen molar-refractivity contribution in [1.82, 2.24) is 0 Å². The van der Waals surface area contributed by atoms with Gasteiger partial charge in [0, 0.05) is 6.42 Å². The normalized spacial score (nSPS) is 15.1. The van der Waals surface area contributed by atoms with Crippen LogP contribution in [0.3, 0.4) is 0 Å². The third-order valence-corrected chi connectivity index (χ3v) is 6.44. The lowest BCUT2D eigenvalue weighted by molar-refractivity contribution is -0.147. The average molecular weight is 513 g/mol. The van der Waals surface area contributed by atoms with Crippen molar-refractivity contribution in [3.05, 3.63) is 0 Å². The van der Waals surface area contributed by atoms with Gasteiger partial charge in [-0.2, -0.15) is 0 Å². The highest BCUT2D eigenvalue weighted by Crippen LogP contribution is 2.43. The third kappa shape index (κ3) is 23.2. The number of unbranched alkanes of at least 4 members (excludes halogenated alkanes) is 14. The van der Waals surface area contributed by atoms with E-state index in [-0.39, 0.29) is 13.0 Å². The highest BCUT2D eigenvalue weighted by Gasteiger charge is 2.24. The Morgan fingerprint density at radius 2 is 1.12 bits per heavy atom. The molecule has 10 heteroatoms. The largest absolute Gasteiger partial charge is 0.472 e. The Kier molecular flexibility index (Phi) is 22.5. The van der Waals surface area contributed by atoms with Gasteiger partial charge in [-0.1, -0.05) is 96.8 Å². The molecular weight excluding hydrogens is 463 g/mol. The van der Waals surface area contributed by atoms with E-state index in [9.17, 15) is 19.4 Å². The lowest BCUT2D eigenvalue weighted by Gasteiger charge is -2.16. The Hall–Kier alpha value is -0.540. The van der Waals surface area contributed by atoms with E-state index in [1.165, 1.54) is 77.0 Å². The number of esters is 1. The molecule has 0 saturated carbocycles. The lowest BCUT2D eigenvalue weighted by atomic mass is 10.0. The van der Waals surface area contributed by atoms with Crippen LogP contribution in [0.25, 0.3) is 0 Å². The van der Waals surface area contributed by atoms with Crippen molar-refractivity contribution < 1.29 is 43.4 Å². The fraction of sp³-hybridized carbons (Fsp3) is 0.958. The van der Waals surface area contributed by atoms with E-state index in [4.69, 9.17) is 14.9 Å². The second kappa shape index (κ2) is 22.9. The van der Waals surface area contributed by atoms with Crippen LogP contribution in [0.4, 0.5) is 0 Å². The smallest absolute Gasteiger partial charge is 0.463 e. The van der Waals surface area contributed by atoms with Crippen LogP contribution < -0.4 is 0 Å². The van der Waals surface area contributed by atoms with Gasteiger partial charge < -0.3 is 24.9 Å². The van der Waals surface area contributed by atoms with Crippen LogP contribution in [0.2, 0.25) is 0 Å². The molecule has 9 nitrogen and oxygen atoms in total. The van der Waals surface area contributed by atoms with Gasteiger partial charge in [-0.05, 0) is 6.42 Å². The molecule has 0 aliphatic carbocycles. The molecule has 0 fully saturated rings. The average Bonchev–Trinajstić information content (AvgIpc) is 2.82. The fourth-order valence-corrected chi connectivity index (χ4v) is 4.20. The fourth-order valence-electron chi connectivity index (χ4n) is 3.40. The summed E-state index contributed by atoms with van der Waals surface area (Å²) in [5.41, 5.74) is 0. The maximum Gasteiger partial charge on any atom is 0.472 e. The minimum atomic E-state index is -4.48. The van der Waals surface area contributed by atoms with Gasteiger partial charge in [0.05, 0.1) is 19.8 Å². The van der Waals surface area contributed by atoms with Gasteiger partial charge in [0.2, 0.25) is 0 Å². The Labute approximate surface area is 205 Å². The van der Waals surface area contributed by atoms with Crippen LogP contribution >= 0.6 is 7.82 Å². The predicted molar refractivity (Wildman–Crippen MR) is 131 cm³/mol. The number of carbonyl (C=O) groups excluding carboxylic acids is 1. The van der Waals surface area contributed by atoms with Crippen molar-refractivity contribution in [2.75, 3.05) is 26.4 Å². The zero-order valence-electron chi connectivity index (χ0n) is 21.1. The number of hydrogen-bond acceptors (Lipinski definition) is 8. The van der Waals surface area contributed by atoms with Crippen molar-refractivity contribution in [3.8, 4) is 0 Å². The van der Waals surface area contributed by atoms with E-state index in [1.807, 2.05) is 0 Å². The number of ether oxygens (including phenoxy) is 1. The summed E-state index contributed by atoms with van der Waals surface area (Å²) in [4.78, 5) is 21.1. The molecule has 2 unspecified atom stereocenters. The molecule has 0 aromatic heterocycles. The van der Waals surface area contributed by atoms with Crippen molar-refractivity contribution in [2.45, 2.75) is 122 Å². The molecule has 0 aromatic carbocycles. The minimum absolute atomic E-state index is 0.270. The van der Waals surface area contributed by atoms with Crippen molar-refractivity contribution in [1.29, 1.82) is 0 Å². The van der Waals surface area contributed by atoms with Gasteiger partial charge in [0.25, 0.3) is 0 Å². The van der Waals surface area contributed by atoms with Crippen LogP contribution in [-0.2, 0) is 23.1 Å². The summed E-state index contributed by atoms with van der Waals surface area (Å²) >= 11 is 0. The number of aliphatic hydroxyl groups excluding tert-OH is 3. The van der Waals surface area contributed by atoms with Gasteiger partial charge in [0.15, 0.2) is 0 Å². The molecule has 0 aliphatic heterocycles. The molecule has 0 bridgehead atoms. The topological polar surface area (TPSA) is 143 Å². The number of phosphoric ester groups is 1. The Morgan fingerprint density at radius 1 is 0.706 bits per heavy atom. The van der Waals surface area contributed by atoms with Crippen molar-refractivity contribution >= 4 is 13.8 Å². The predicted octanol–water partition coefficient (Wildman–Crippen LogP) is 4.64. The minimum Gasteiger partial charge on any atom is -0.463 e. The second-order valence-electron chi connectivity index (χ2n) is 8.93. The van der Waals surface area contributed by atoms with Crippen LogP contribution in [0.5, 0.6) is 0 Å². The summed E-state index contributed by atoms with van der Waals surface area (Å²) < 4.78 is 25.5. The molecule has 0 aliphatic rings. The number of carbonyl (C=O) groups is 1. The lowest BCUT2D eigenvalue weighted by Crippen LogP contribution is -2.24. The van der Waals surface area contributed by atoms with Gasteiger partial charge in [-0.3, -0.25) is 13.8 Å². The molecule has 0 aromatic rings. The molecule has 0 saturated heterocycles. The van der Waals surface area contributed by atoms with E-state index in [0.717, 1.165) is 19.3 Å². The molecule has 0 amide bonds. The van der Waals surface area contributed by atoms with Gasteiger partial charge in [-0.25, -0.2) is 4.57 Å². The van der Waals surface area contributed by atoms with Crippen LogP contribution in [-0.4, -0.2) is 64.8 Å². The molecule has 3 atom stereocenters. The SMILES string of the molecule is CCCCCCCCCCCCCCCCCC(=O)OC[C@@H](O)COP(=O)(O)OCC(O)CO. The highest BCUT2D eigenvalue weighted by atomic mass is 31.2. The molecule has 34 heavy (non-hydrogen) atoms. The van der Waals surface area contributed by atoms with E-state index in [1.54, 1.807) is 0 Å².